The Kier molecular flexibility index (Phi) is 6.49. The number of hydrogen-bond donors (Lipinski definition) is 1. The fourth-order valence-electron chi connectivity index (χ4n) is 3.64. The zero-order valence-electron chi connectivity index (χ0n) is 16.5. The average Bonchev–Trinajstić information content (AvgIpc) is 3.31. The van der Waals surface area contributed by atoms with E-state index in [1.807, 2.05) is 47.6 Å². The molecule has 2 aliphatic heterocycles. The van der Waals surface area contributed by atoms with Gasteiger partial charge < -0.3 is 15.0 Å². The number of aromatic nitrogens is 2. The van der Waals surface area contributed by atoms with Gasteiger partial charge in [0.2, 0.25) is 11.9 Å². The van der Waals surface area contributed by atoms with Crippen molar-refractivity contribution in [2.24, 2.45) is 0 Å². The molecule has 0 radical (unpaired) electrons. The van der Waals surface area contributed by atoms with Gasteiger partial charge in [0, 0.05) is 63.1 Å². The van der Waals surface area contributed by atoms with Crippen LogP contribution in [0.25, 0.3) is 0 Å². The first-order valence-corrected chi connectivity index (χ1v) is 10.1. The van der Waals surface area contributed by atoms with Crippen LogP contribution in [0.2, 0.25) is 0 Å². The van der Waals surface area contributed by atoms with Crippen LogP contribution >= 0.6 is 0 Å². The average molecular weight is 393 g/mol. The van der Waals surface area contributed by atoms with E-state index in [9.17, 15) is 4.79 Å². The van der Waals surface area contributed by atoms with Crippen molar-refractivity contribution in [3.05, 3.63) is 66.0 Å². The topological polar surface area (TPSA) is 70.6 Å². The van der Waals surface area contributed by atoms with Crippen molar-refractivity contribution in [3.63, 3.8) is 0 Å². The lowest BCUT2D eigenvalue weighted by Crippen LogP contribution is -2.47. The quantitative estimate of drug-likeness (QED) is 0.727. The molecule has 0 spiro atoms. The molecular formula is C22H27N5O2. The molecule has 0 saturated carbocycles. The molecule has 4 rings (SSSR count). The molecule has 2 aliphatic rings. The van der Waals surface area contributed by atoms with Crippen LogP contribution in [0.15, 0.2) is 54.9 Å². The van der Waals surface area contributed by atoms with Crippen LogP contribution in [0.3, 0.4) is 0 Å². The summed E-state index contributed by atoms with van der Waals surface area (Å²) in [6.07, 6.45) is 8.28. The number of carbonyl (C=O) groups is 1. The Bertz CT molecular complexity index is 817. The highest BCUT2D eigenvalue weighted by atomic mass is 16.5. The lowest BCUT2D eigenvalue weighted by atomic mass is 10.1. The first kappa shape index (κ1) is 19.5. The summed E-state index contributed by atoms with van der Waals surface area (Å²) >= 11 is 0. The maximum Gasteiger partial charge on any atom is 0.224 e. The van der Waals surface area contributed by atoms with E-state index in [0.29, 0.717) is 32.1 Å². The maximum absolute atomic E-state index is 12.5. The van der Waals surface area contributed by atoms with Gasteiger partial charge in [0.25, 0.3) is 0 Å². The molecule has 29 heavy (non-hydrogen) atoms. The summed E-state index contributed by atoms with van der Waals surface area (Å²) in [4.78, 5) is 25.6. The second-order valence-electron chi connectivity index (χ2n) is 7.43. The number of carbonyl (C=O) groups excluding carboxylic acids is 1. The van der Waals surface area contributed by atoms with Crippen molar-refractivity contribution < 1.29 is 9.53 Å². The molecule has 152 valence electrons. The summed E-state index contributed by atoms with van der Waals surface area (Å²) in [5.74, 6) is 0.806. The highest BCUT2D eigenvalue weighted by Crippen LogP contribution is 2.17. The Hall–Kier alpha value is -2.77. The lowest BCUT2D eigenvalue weighted by Gasteiger charge is -2.35. The van der Waals surface area contributed by atoms with Crippen LogP contribution < -0.4 is 5.32 Å². The van der Waals surface area contributed by atoms with Gasteiger partial charge in [-0.2, -0.15) is 0 Å². The smallest absolute Gasteiger partial charge is 0.224 e. The van der Waals surface area contributed by atoms with Gasteiger partial charge >= 0.3 is 0 Å². The molecule has 1 atom stereocenters. The maximum atomic E-state index is 12.5. The molecule has 1 saturated heterocycles. The van der Waals surface area contributed by atoms with Crippen molar-refractivity contribution in [2.75, 3.05) is 38.2 Å². The van der Waals surface area contributed by atoms with E-state index in [0.717, 1.165) is 31.7 Å². The number of morpholine rings is 1. The molecule has 7 heteroatoms. The molecule has 0 aliphatic carbocycles. The minimum absolute atomic E-state index is 0.0905. The molecule has 0 bridgehead atoms. The number of nitrogens with one attached hydrogen (secondary N) is 1. The molecule has 3 heterocycles. The Labute approximate surface area is 171 Å². The number of ether oxygens (including phenoxy) is 1. The predicted molar refractivity (Wildman–Crippen MR) is 111 cm³/mol. The predicted octanol–water partition coefficient (Wildman–Crippen LogP) is 2.08. The normalized spacial score (nSPS) is 19.4. The first-order chi connectivity index (χ1) is 14.3. The Morgan fingerprint density at radius 1 is 1.10 bits per heavy atom. The zero-order valence-corrected chi connectivity index (χ0v) is 16.5. The van der Waals surface area contributed by atoms with E-state index >= 15 is 0 Å². The van der Waals surface area contributed by atoms with Gasteiger partial charge in [-0.25, -0.2) is 9.97 Å². The third-order valence-electron chi connectivity index (χ3n) is 5.32. The number of benzene rings is 1. The number of nitrogens with zero attached hydrogens (tertiary/aromatic N) is 4. The summed E-state index contributed by atoms with van der Waals surface area (Å²) in [6.45, 7) is 4.94. The van der Waals surface area contributed by atoms with Gasteiger partial charge in [0.1, 0.15) is 0 Å². The molecule has 1 aromatic heterocycles. The van der Waals surface area contributed by atoms with Gasteiger partial charge in [-0.05, 0) is 5.56 Å². The zero-order chi connectivity index (χ0) is 19.9. The molecule has 1 amide bonds. The minimum Gasteiger partial charge on any atom is -0.378 e. The third-order valence-corrected chi connectivity index (χ3v) is 5.32. The van der Waals surface area contributed by atoms with Crippen molar-refractivity contribution in [2.45, 2.75) is 25.6 Å². The molecule has 1 N–H and O–H groups in total. The SMILES string of the molecule is O=C(CC1COCCN1Cc1cnc(NCc2ccccc2)nc1)N1CC=CC1. The van der Waals surface area contributed by atoms with E-state index in [1.54, 1.807) is 0 Å². The van der Waals surface area contributed by atoms with Crippen molar-refractivity contribution >= 4 is 11.9 Å². The summed E-state index contributed by atoms with van der Waals surface area (Å²) in [5.41, 5.74) is 2.23. The molecule has 1 unspecified atom stereocenters. The molecular weight excluding hydrogens is 366 g/mol. The van der Waals surface area contributed by atoms with Gasteiger partial charge in [-0.3, -0.25) is 9.69 Å². The highest BCUT2D eigenvalue weighted by Gasteiger charge is 2.27. The van der Waals surface area contributed by atoms with Crippen molar-refractivity contribution in [1.29, 1.82) is 0 Å². The van der Waals surface area contributed by atoms with Gasteiger partial charge in [-0.1, -0.05) is 42.5 Å². The number of hydrogen-bond acceptors (Lipinski definition) is 6. The molecule has 1 fully saturated rings. The van der Waals surface area contributed by atoms with E-state index in [-0.39, 0.29) is 11.9 Å². The Morgan fingerprint density at radius 2 is 1.86 bits per heavy atom. The lowest BCUT2D eigenvalue weighted by molar-refractivity contribution is -0.133. The van der Waals surface area contributed by atoms with Crippen LogP contribution in [-0.4, -0.2) is 64.6 Å². The largest absolute Gasteiger partial charge is 0.378 e. The van der Waals surface area contributed by atoms with Gasteiger partial charge in [0.15, 0.2) is 0 Å². The highest BCUT2D eigenvalue weighted by molar-refractivity contribution is 5.77. The molecule has 7 nitrogen and oxygen atoms in total. The monoisotopic (exact) mass is 393 g/mol. The van der Waals surface area contributed by atoms with Crippen molar-refractivity contribution in [3.8, 4) is 0 Å². The van der Waals surface area contributed by atoms with Crippen molar-refractivity contribution in [1.82, 2.24) is 19.8 Å². The van der Waals surface area contributed by atoms with Gasteiger partial charge in [0.05, 0.1) is 13.2 Å². The van der Waals surface area contributed by atoms with Crippen LogP contribution in [0, 0.1) is 0 Å². The standard InChI is InChI=1S/C22H27N5O2/c28-21(26-8-4-5-9-26)12-20-17-29-11-10-27(20)16-19-14-24-22(25-15-19)23-13-18-6-2-1-3-7-18/h1-7,14-15,20H,8-13,16-17H2,(H,23,24,25). The minimum atomic E-state index is 0.0905. The van der Waals surface area contributed by atoms with Crippen LogP contribution in [-0.2, 0) is 22.6 Å². The fourth-order valence-corrected chi connectivity index (χ4v) is 3.64. The summed E-state index contributed by atoms with van der Waals surface area (Å²) in [7, 11) is 0. The number of rotatable bonds is 7. The number of anilines is 1. The molecule has 1 aromatic carbocycles. The first-order valence-electron chi connectivity index (χ1n) is 10.1. The van der Waals surface area contributed by atoms with Crippen LogP contribution in [0.4, 0.5) is 5.95 Å². The molecule has 2 aromatic rings. The van der Waals surface area contributed by atoms with Gasteiger partial charge in [-0.15, -0.1) is 0 Å². The number of amides is 1. The fraction of sp³-hybridized carbons (Fsp3) is 0.409. The van der Waals surface area contributed by atoms with E-state index in [4.69, 9.17) is 4.74 Å². The summed E-state index contributed by atoms with van der Waals surface area (Å²) in [6, 6.07) is 10.3. The Balaban J connectivity index is 1.31. The summed E-state index contributed by atoms with van der Waals surface area (Å²) < 4.78 is 5.64. The third kappa shape index (κ3) is 5.40. The van der Waals surface area contributed by atoms with E-state index < -0.39 is 0 Å². The second kappa shape index (κ2) is 9.62. The second-order valence-corrected chi connectivity index (χ2v) is 7.43. The van der Waals surface area contributed by atoms with Crippen LogP contribution in [0.5, 0.6) is 0 Å². The van der Waals surface area contributed by atoms with E-state index in [1.165, 1.54) is 5.56 Å². The Morgan fingerprint density at radius 3 is 2.62 bits per heavy atom. The van der Waals surface area contributed by atoms with E-state index in [2.05, 4.69) is 32.3 Å². The summed E-state index contributed by atoms with van der Waals surface area (Å²) in [5, 5.41) is 3.25. The van der Waals surface area contributed by atoms with Crippen LogP contribution in [0.1, 0.15) is 17.5 Å².